The molecule has 32 heavy (non-hydrogen) atoms. The fraction of sp³-hybridized carbons (Fsp3) is 0.833. The smallest absolute Gasteiger partial charge is 0.302 e. The van der Waals surface area contributed by atoms with Crippen molar-refractivity contribution >= 4 is 5.97 Å². The number of allylic oxidation sites excluding steroid dienone is 4. The van der Waals surface area contributed by atoms with Gasteiger partial charge in [-0.2, -0.15) is 0 Å². The van der Waals surface area contributed by atoms with Crippen molar-refractivity contribution in [3.63, 3.8) is 0 Å². The SMILES string of the molecule is CC(=O)O[C@H]1CC[C@@]2(C)[C@@H](CC=C3[C@@H]2CC[C@]2(C)[C@@H]([C@H](C)C/C=C(\C)C(C)C)CC[C@@H]32)C1. The van der Waals surface area contributed by atoms with E-state index in [-0.39, 0.29) is 12.1 Å². The highest BCUT2D eigenvalue weighted by Gasteiger charge is 2.58. The van der Waals surface area contributed by atoms with E-state index in [0.717, 1.165) is 36.5 Å². The largest absolute Gasteiger partial charge is 0.463 e. The van der Waals surface area contributed by atoms with Crippen LogP contribution in [0, 0.1) is 46.3 Å². The standard InChI is InChI=1S/C30H48O2/c1-19(2)20(3)8-9-21(4)26-12-13-27-25-11-10-23-18-24(32-22(5)31)14-16-29(23,6)28(25)15-17-30(26,27)7/h8,11,19,21,23-24,26-28H,9-10,12-18H2,1-7H3/b20-8+/t21-,23+,24+,26-,27+,28+,29+,30-/m1/s1. The molecule has 4 rings (SSSR count). The first-order valence-corrected chi connectivity index (χ1v) is 13.6. The van der Waals surface area contributed by atoms with Crippen LogP contribution in [0.25, 0.3) is 0 Å². The van der Waals surface area contributed by atoms with E-state index in [1.807, 2.05) is 5.57 Å². The molecule has 0 saturated heterocycles. The maximum atomic E-state index is 11.5. The molecule has 0 unspecified atom stereocenters. The Bertz CT molecular complexity index is 776. The van der Waals surface area contributed by atoms with Crippen LogP contribution in [-0.2, 0) is 9.53 Å². The molecule has 3 fully saturated rings. The first-order chi connectivity index (χ1) is 15.1. The number of hydrogen-bond acceptors (Lipinski definition) is 2. The molecule has 3 saturated carbocycles. The summed E-state index contributed by atoms with van der Waals surface area (Å²) in [6, 6.07) is 0. The molecule has 180 valence electrons. The Labute approximate surface area is 197 Å². The lowest BCUT2D eigenvalue weighted by atomic mass is 9.47. The number of hydrogen-bond donors (Lipinski definition) is 0. The molecule has 0 radical (unpaired) electrons. The predicted octanol–water partition coefficient (Wildman–Crippen LogP) is 8.13. The second-order valence-corrected chi connectivity index (χ2v) is 12.8. The van der Waals surface area contributed by atoms with Crippen molar-refractivity contribution < 1.29 is 9.53 Å². The van der Waals surface area contributed by atoms with Gasteiger partial charge in [0.1, 0.15) is 6.10 Å². The van der Waals surface area contributed by atoms with Crippen LogP contribution in [0.1, 0.15) is 106 Å². The summed E-state index contributed by atoms with van der Waals surface area (Å²) < 4.78 is 5.64. The third-order valence-corrected chi connectivity index (χ3v) is 10.8. The number of carbonyl (C=O) groups excluding carboxylic acids is 1. The van der Waals surface area contributed by atoms with Crippen molar-refractivity contribution in [1.82, 2.24) is 0 Å². The van der Waals surface area contributed by atoms with E-state index in [4.69, 9.17) is 4.74 Å². The monoisotopic (exact) mass is 440 g/mol. The first kappa shape index (κ1) is 24.1. The van der Waals surface area contributed by atoms with Crippen LogP contribution in [0.5, 0.6) is 0 Å². The van der Waals surface area contributed by atoms with E-state index >= 15 is 0 Å². The summed E-state index contributed by atoms with van der Waals surface area (Å²) in [4.78, 5) is 11.5. The highest BCUT2D eigenvalue weighted by Crippen LogP contribution is 2.67. The van der Waals surface area contributed by atoms with Gasteiger partial charge in [-0.15, -0.1) is 0 Å². The molecule has 4 aliphatic rings. The zero-order chi connectivity index (χ0) is 23.3. The normalized spacial score (nSPS) is 42.6. The van der Waals surface area contributed by atoms with Gasteiger partial charge in [-0.1, -0.05) is 57.9 Å². The van der Waals surface area contributed by atoms with Crippen molar-refractivity contribution in [1.29, 1.82) is 0 Å². The molecule has 0 aromatic heterocycles. The average Bonchev–Trinajstić information content (AvgIpc) is 3.08. The van der Waals surface area contributed by atoms with Crippen molar-refractivity contribution in [3.8, 4) is 0 Å². The number of esters is 1. The summed E-state index contributed by atoms with van der Waals surface area (Å²) in [5, 5.41) is 0. The Morgan fingerprint density at radius 1 is 1.06 bits per heavy atom. The topological polar surface area (TPSA) is 26.3 Å². The Morgan fingerprint density at radius 3 is 2.44 bits per heavy atom. The summed E-state index contributed by atoms with van der Waals surface area (Å²) in [6.07, 6.45) is 16.7. The second-order valence-electron chi connectivity index (χ2n) is 12.8. The van der Waals surface area contributed by atoms with Crippen LogP contribution in [0.2, 0.25) is 0 Å². The molecule has 2 nitrogen and oxygen atoms in total. The van der Waals surface area contributed by atoms with Gasteiger partial charge in [0.25, 0.3) is 0 Å². The molecule has 0 spiro atoms. The van der Waals surface area contributed by atoms with E-state index in [1.54, 1.807) is 12.5 Å². The fourth-order valence-corrected chi connectivity index (χ4v) is 8.56. The van der Waals surface area contributed by atoms with Gasteiger partial charge in [-0.05, 0) is 111 Å². The van der Waals surface area contributed by atoms with Crippen molar-refractivity contribution in [2.24, 2.45) is 46.3 Å². The maximum absolute atomic E-state index is 11.5. The quantitative estimate of drug-likeness (QED) is 0.318. The lowest BCUT2D eigenvalue weighted by molar-refractivity contribution is -0.152. The van der Waals surface area contributed by atoms with Gasteiger partial charge < -0.3 is 4.74 Å². The molecular weight excluding hydrogens is 392 g/mol. The van der Waals surface area contributed by atoms with Crippen LogP contribution in [0.15, 0.2) is 23.3 Å². The average molecular weight is 441 g/mol. The Balaban J connectivity index is 1.50. The zero-order valence-corrected chi connectivity index (χ0v) is 21.9. The van der Waals surface area contributed by atoms with Crippen molar-refractivity contribution in [2.45, 2.75) is 112 Å². The minimum atomic E-state index is -0.108. The van der Waals surface area contributed by atoms with Crippen LogP contribution in [0.4, 0.5) is 0 Å². The van der Waals surface area contributed by atoms with Gasteiger partial charge >= 0.3 is 5.97 Å². The molecular formula is C30H48O2. The molecule has 0 aliphatic heterocycles. The minimum absolute atomic E-state index is 0.108. The van der Waals surface area contributed by atoms with Gasteiger partial charge in [-0.3, -0.25) is 4.79 Å². The maximum Gasteiger partial charge on any atom is 0.302 e. The molecule has 0 amide bonds. The van der Waals surface area contributed by atoms with E-state index in [0.29, 0.717) is 22.7 Å². The molecule has 0 aromatic rings. The lowest BCUT2D eigenvalue weighted by Crippen LogP contribution is -2.50. The first-order valence-electron chi connectivity index (χ1n) is 13.6. The third kappa shape index (κ3) is 4.14. The number of ether oxygens (including phenoxy) is 1. The fourth-order valence-electron chi connectivity index (χ4n) is 8.56. The highest BCUT2D eigenvalue weighted by molar-refractivity contribution is 5.66. The summed E-state index contributed by atoms with van der Waals surface area (Å²) in [7, 11) is 0. The van der Waals surface area contributed by atoms with Crippen LogP contribution < -0.4 is 0 Å². The molecule has 0 heterocycles. The van der Waals surface area contributed by atoms with Crippen LogP contribution in [-0.4, -0.2) is 12.1 Å². The number of fused-ring (bicyclic) bond motifs is 5. The molecule has 8 atom stereocenters. The second kappa shape index (κ2) is 8.95. The van der Waals surface area contributed by atoms with Gasteiger partial charge in [-0.25, -0.2) is 0 Å². The third-order valence-electron chi connectivity index (χ3n) is 10.8. The molecule has 0 N–H and O–H groups in total. The Hall–Kier alpha value is -1.05. The van der Waals surface area contributed by atoms with Gasteiger partial charge in [0.05, 0.1) is 0 Å². The van der Waals surface area contributed by atoms with Crippen LogP contribution >= 0.6 is 0 Å². The lowest BCUT2D eigenvalue weighted by Gasteiger charge is -2.58. The van der Waals surface area contributed by atoms with Crippen molar-refractivity contribution in [2.75, 3.05) is 0 Å². The van der Waals surface area contributed by atoms with Gasteiger partial charge in [0.15, 0.2) is 0 Å². The van der Waals surface area contributed by atoms with E-state index in [9.17, 15) is 4.79 Å². The summed E-state index contributed by atoms with van der Waals surface area (Å²) in [5.41, 5.74) is 4.29. The van der Waals surface area contributed by atoms with Crippen LogP contribution in [0.3, 0.4) is 0 Å². The zero-order valence-electron chi connectivity index (χ0n) is 21.9. The van der Waals surface area contributed by atoms with E-state index in [1.165, 1.54) is 44.9 Å². The Kier molecular flexibility index (Phi) is 6.74. The summed E-state index contributed by atoms with van der Waals surface area (Å²) >= 11 is 0. The Morgan fingerprint density at radius 2 is 1.75 bits per heavy atom. The van der Waals surface area contributed by atoms with Gasteiger partial charge in [0.2, 0.25) is 0 Å². The summed E-state index contributed by atoms with van der Waals surface area (Å²) in [6.45, 7) is 16.2. The number of carbonyl (C=O) groups is 1. The highest BCUT2D eigenvalue weighted by atomic mass is 16.5. The van der Waals surface area contributed by atoms with E-state index < -0.39 is 0 Å². The molecule has 0 aromatic carbocycles. The van der Waals surface area contributed by atoms with Gasteiger partial charge in [0, 0.05) is 6.92 Å². The molecule has 0 bridgehead atoms. The minimum Gasteiger partial charge on any atom is -0.463 e. The molecule has 4 aliphatic carbocycles. The number of rotatable bonds is 5. The van der Waals surface area contributed by atoms with E-state index in [2.05, 4.69) is 53.7 Å². The molecule has 2 heteroatoms. The predicted molar refractivity (Wildman–Crippen MR) is 133 cm³/mol. The summed E-state index contributed by atoms with van der Waals surface area (Å²) in [5.74, 6) is 4.43. The van der Waals surface area contributed by atoms with Crippen molar-refractivity contribution in [3.05, 3.63) is 23.3 Å².